The second-order valence-electron chi connectivity index (χ2n) is 9.09. The Balaban J connectivity index is 1.54. The van der Waals surface area contributed by atoms with Crippen molar-refractivity contribution in [2.45, 2.75) is 18.9 Å². The number of nitrogens with one attached hydrogen (secondary N) is 4. The van der Waals surface area contributed by atoms with Gasteiger partial charge in [-0.05, 0) is 29.8 Å². The van der Waals surface area contributed by atoms with Gasteiger partial charge in [-0.15, -0.1) is 0 Å². The number of ether oxygens (including phenoxy) is 1. The van der Waals surface area contributed by atoms with E-state index in [0.29, 0.717) is 11.3 Å². The molecule has 0 fully saturated rings. The number of fused-ring (bicyclic) bond motifs is 7. The zero-order valence-corrected chi connectivity index (χ0v) is 21.8. The Morgan fingerprint density at radius 3 is 2.20 bits per heavy atom. The molecule has 2 bridgehead atoms. The second kappa shape index (κ2) is 12.6. The number of carbonyl (C=O) groups excluding carboxylic acids is 5. The van der Waals surface area contributed by atoms with Crippen LogP contribution in [0.3, 0.4) is 0 Å². The molecule has 2 aliphatic rings. The number of anilines is 2. The van der Waals surface area contributed by atoms with Crippen molar-refractivity contribution in [1.82, 2.24) is 10.6 Å². The first-order valence-corrected chi connectivity index (χ1v) is 12.5. The molecular weight excluding hydrogens is 532 g/mol. The number of benzene rings is 3. The normalized spacial score (nSPS) is 16.0. The van der Waals surface area contributed by atoms with Gasteiger partial charge in [-0.25, -0.2) is 0 Å². The van der Waals surface area contributed by atoms with Crippen molar-refractivity contribution in [2.75, 3.05) is 23.8 Å². The summed E-state index contributed by atoms with van der Waals surface area (Å²) < 4.78 is 5.32. The summed E-state index contributed by atoms with van der Waals surface area (Å²) in [5.74, 6) is -5.71. The number of aliphatic carboxylic acids is 1. The number of carboxylic acid groups (broad SMARTS) is 1. The summed E-state index contributed by atoms with van der Waals surface area (Å²) in [7, 11) is 0. The van der Waals surface area contributed by atoms with Crippen molar-refractivity contribution < 1.29 is 38.6 Å². The number of rotatable bonds is 8. The highest BCUT2D eigenvalue weighted by atomic mass is 16.5. The standard InChI is InChI=1S/C29H26N4O8/c1-16(34)31-20-8-5-9-21(25(20)27(37)18-6-3-2-4-7-18)32-22(35)14-30-28(38)26-24(29(39)40)17-10-12-19(13-11-17)41-15-23(36)33-26/h2-13,24,26H,14-15H2,1H3,(H,30,38)(H,31,34)(H,32,35)(H,33,36)(H,39,40). The van der Waals surface area contributed by atoms with Crippen molar-refractivity contribution >= 4 is 46.8 Å². The third-order valence-electron chi connectivity index (χ3n) is 6.14. The van der Waals surface area contributed by atoms with Gasteiger partial charge in [0.05, 0.1) is 23.5 Å². The number of carboxylic acids is 1. The topological polar surface area (TPSA) is 180 Å². The smallest absolute Gasteiger partial charge is 0.313 e. The minimum Gasteiger partial charge on any atom is -0.484 e. The fraction of sp³-hybridized carbons (Fsp3) is 0.172. The van der Waals surface area contributed by atoms with Crippen molar-refractivity contribution in [3.63, 3.8) is 0 Å². The van der Waals surface area contributed by atoms with Crippen LogP contribution in [0.15, 0.2) is 72.8 Å². The largest absolute Gasteiger partial charge is 0.484 e. The van der Waals surface area contributed by atoms with Crippen LogP contribution >= 0.6 is 0 Å². The van der Waals surface area contributed by atoms with Gasteiger partial charge >= 0.3 is 5.97 Å². The molecule has 2 heterocycles. The van der Waals surface area contributed by atoms with E-state index in [1.54, 1.807) is 30.3 Å². The molecule has 5 rings (SSSR count). The van der Waals surface area contributed by atoms with Gasteiger partial charge in [-0.1, -0.05) is 48.5 Å². The molecule has 0 aromatic heterocycles. The molecule has 0 saturated heterocycles. The summed E-state index contributed by atoms with van der Waals surface area (Å²) >= 11 is 0. The van der Waals surface area contributed by atoms with Crippen LogP contribution in [0.25, 0.3) is 0 Å². The third-order valence-corrected chi connectivity index (χ3v) is 6.14. The minimum atomic E-state index is -1.56. The Hall–Kier alpha value is -5.52. The lowest BCUT2D eigenvalue weighted by Gasteiger charge is -2.26. The molecule has 210 valence electrons. The molecule has 2 unspecified atom stereocenters. The maximum absolute atomic E-state index is 13.3. The Bertz CT molecular complexity index is 1500. The Labute approximate surface area is 234 Å². The van der Waals surface area contributed by atoms with E-state index in [-0.39, 0.29) is 22.5 Å². The van der Waals surface area contributed by atoms with Gasteiger partial charge in [-0.2, -0.15) is 0 Å². The molecule has 41 heavy (non-hydrogen) atoms. The van der Waals surface area contributed by atoms with Gasteiger partial charge in [0.25, 0.3) is 5.91 Å². The first-order chi connectivity index (χ1) is 19.6. The highest BCUT2D eigenvalue weighted by Gasteiger charge is 2.37. The highest BCUT2D eigenvalue weighted by Crippen LogP contribution is 2.28. The molecule has 0 radical (unpaired) electrons. The molecule has 12 nitrogen and oxygen atoms in total. The van der Waals surface area contributed by atoms with Crippen molar-refractivity contribution in [3.8, 4) is 5.75 Å². The zero-order valence-electron chi connectivity index (χ0n) is 21.8. The first-order valence-electron chi connectivity index (χ1n) is 12.5. The number of carbonyl (C=O) groups is 6. The molecule has 12 heteroatoms. The van der Waals surface area contributed by atoms with E-state index in [1.807, 2.05) is 0 Å². The molecule has 3 aromatic carbocycles. The maximum atomic E-state index is 13.3. The van der Waals surface area contributed by atoms with Crippen LogP contribution in [-0.4, -0.2) is 59.7 Å². The van der Waals surface area contributed by atoms with E-state index in [9.17, 15) is 33.9 Å². The second-order valence-corrected chi connectivity index (χ2v) is 9.09. The fourth-order valence-electron chi connectivity index (χ4n) is 4.31. The monoisotopic (exact) mass is 558 g/mol. The summed E-state index contributed by atoms with van der Waals surface area (Å²) in [5.41, 5.74) is 0.850. The molecule has 5 N–H and O–H groups in total. The van der Waals surface area contributed by atoms with Gasteiger partial charge in [0.2, 0.25) is 17.7 Å². The van der Waals surface area contributed by atoms with Crippen LogP contribution in [0.2, 0.25) is 0 Å². The molecule has 3 aromatic rings. The third kappa shape index (κ3) is 6.92. The van der Waals surface area contributed by atoms with Crippen LogP contribution in [0.1, 0.15) is 34.3 Å². The predicted octanol–water partition coefficient (Wildman–Crippen LogP) is 1.68. The SMILES string of the molecule is CC(=O)Nc1cccc(NC(=O)CNC(=O)C2NC(=O)COc3ccc(cc3)C2C(=O)O)c1C(=O)c1ccccc1. The lowest BCUT2D eigenvalue weighted by atomic mass is 9.90. The quantitative estimate of drug-likeness (QED) is 0.259. The molecule has 0 spiro atoms. The lowest BCUT2D eigenvalue weighted by molar-refractivity contribution is -0.143. The maximum Gasteiger partial charge on any atom is 0.313 e. The van der Waals surface area contributed by atoms with Crippen molar-refractivity contribution in [2.24, 2.45) is 0 Å². The summed E-state index contributed by atoms with van der Waals surface area (Å²) in [5, 5.41) is 19.7. The van der Waals surface area contributed by atoms with E-state index in [2.05, 4.69) is 21.3 Å². The number of amides is 4. The number of ketones is 1. The molecule has 2 aliphatic heterocycles. The van der Waals surface area contributed by atoms with Gasteiger partial charge in [0.15, 0.2) is 12.4 Å². The number of hydrogen-bond donors (Lipinski definition) is 5. The van der Waals surface area contributed by atoms with Crippen LogP contribution in [0.4, 0.5) is 11.4 Å². The van der Waals surface area contributed by atoms with Crippen molar-refractivity contribution in [1.29, 1.82) is 0 Å². The fourth-order valence-corrected chi connectivity index (χ4v) is 4.31. The summed E-state index contributed by atoms with van der Waals surface area (Å²) in [6, 6.07) is 17.2. The van der Waals surface area contributed by atoms with E-state index in [1.165, 1.54) is 49.4 Å². The van der Waals surface area contributed by atoms with E-state index >= 15 is 0 Å². The highest BCUT2D eigenvalue weighted by molar-refractivity contribution is 6.18. The van der Waals surface area contributed by atoms with E-state index in [4.69, 9.17) is 4.74 Å². The van der Waals surface area contributed by atoms with Gasteiger partial charge in [0.1, 0.15) is 17.7 Å². The molecular formula is C29H26N4O8. The summed E-state index contributed by atoms with van der Waals surface area (Å²) in [6.07, 6.45) is 0. The average Bonchev–Trinajstić information content (AvgIpc) is 2.95. The van der Waals surface area contributed by atoms with Gasteiger partial charge in [-0.3, -0.25) is 28.8 Å². The van der Waals surface area contributed by atoms with E-state index < -0.39 is 60.5 Å². The summed E-state index contributed by atoms with van der Waals surface area (Å²) in [6.45, 7) is 0.218. The molecule has 0 aliphatic carbocycles. The van der Waals surface area contributed by atoms with E-state index in [0.717, 1.165) is 0 Å². The molecule has 0 saturated carbocycles. The number of hydrogen-bond acceptors (Lipinski definition) is 7. The van der Waals surface area contributed by atoms with Gasteiger partial charge < -0.3 is 31.1 Å². The van der Waals surface area contributed by atoms with Crippen LogP contribution in [0, 0.1) is 0 Å². The van der Waals surface area contributed by atoms with Crippen LogP contribution < -0.4 is 26.0 Å². The average molecular weight is 559 g/mol. The Morgan fingerprint density at radius 1 is 0.902 bits per heavy atom. The van der Waals surface area contributed by atoms with Gasteiger partial charge in [0, 0.05) is 12.5 Å². The minimum absolute atomic E-state index is 0.0301. The van der Waals surface area contributed by atoms with Crippen LogP contribution in [-0.2, 0) is 24.0 Å². The molecule has 2 atom stereocenters. The summed E-state index contributed by atoms with van der Waals surface area (Å²) in [4.78, 5) is 75.6. The lowest BCUT2D eigenvalue weighted by Crippen LogP contribution is -2.54. The van der Waals surface area contributed by atoms with Crippen molar-refractivity contribution in [3.05, 3.63) is 89.5 Å². The molecule has 4 amide bonds. The first kappa shape index (κ1) is 28.5. The zero-order chi connectivity index (χ0) is 29.5. The van der Waals surface area contributed by atoms with Crippen LogP contribution in [0.5, 0.6) is 5.75 Å². The Kier molecular flexibility index (Phi) is 8.72. The predicted molar refractivity (Wildman–Crippen MR) is 147 cm³/mol. The Morgan fingerprint density at radius 2 is 1.56 bits per heavy atom.